The molecule has 1 heterocycles. The molecule has 2 aromatic carbocycles. The lowest BCUT2D eigenvalue weighted by Gasteiger charge is -2.13. The number of imide groups is 1. The molecule has 0 aliphatic carbocycles. The van der Waals surface area contributed by atoms with Crippen molar-refractivity contribution in [3.05, 3.63) is 60.3 Å². The van der Waals surface area contributed by atoms with Crippen molar-refractivity contribution in [1.29, 1.82) is 0 Å². The van der Waals surface area contributed by atoms with E-state index in [9.17, 15) is 14.7 Å². The van der Waals surface area contributed by atoms with Gasteiger partial charge in [-0.1, -0.05) is 23.7 Å². The quantitative estimate of drug-likeness (QED) is 0.502. The van der Waals surface area contributed by atoms with Crippen LogP contribution in [0.15, 0.2) is 44.2 Å². The lowest BCUT2D eigenvalue weighted by Crippen LogP contribution is -2.27. The van der Waals surface area contributed by atoms with Crippen molar-refractivity contribution in [1.82, 2.24) is 4.90 Å². The minimum atomic E-state index is -0.426. The van der Waals surface area contributed by atoms with Gasteiger partial charge in [0.2, 0.25) is 0 Å². The van der Waals surface area contributed by atoms with Crippen LogP contribution < -0.4 is 4.74 Å². The molecule has 2 aromatic rings. The van der Waals surface area contributed by atoms with Gasteiger partial charge in [-0.2, -0.15) is 0 Å². The van der Waals surface area contributed by atoms with Crippen LogP contribution in [-0.4, -0.2) is 28.3 Å². The number of aromatic hydroxyl groups is 1. The number of phenols is 1. The van der Waals surface area contributed by atoms with Crippen LogP contribution in [-0.2, 0) is 11.3 Å². The highest BCUT2D eigenvalue weighted by atomic mass is 79.9. The lowest BCUT2D eigenvalue weighted by molar-refractivity contribution is -0.123. The van der Waals surface area contributed by atoms with E-state index in [0.717, 1.165) is 22.2 Å². The van der Waals surface area contributed by atoms with Gasteiger partial charge in [0.05, 0.1) is 18.6 Å². The van der Waals surface area contributed by atoms with E-state index < -0.39 is 5.91 Å². The van der Waals surface area contributed by atoms with E-state index in [1.54, 1.807) is 30.3 Å². The Balaban J connectivity index is 1.93. The fourth-order valence-corrected chi connectivity index (χ4v) is 4.22. The molecule has 9 heteroatoms. The number of thioether (sulfide) groups is 1. The molecule has 0 spiro atoms. The number of benzene rings is 2. The van der Waals surface area contributed by atoms with Gasteiger partial charge in [-0.05, 0) is 73.5 Å². The third-order valence-electron chi connectivity index (χ3n) is 3.82. The predicted molar refractivity (Wildman–Crippen MR) is 113 cm³/mol. The molecule has 0 aromatic heterocycles. The highest BCUT2D eigenvalue weighted by molar-refractivity contribution is 9.13. The maximum absolute atomic E-state index is 12.7. The summed E-state index contributed by atoms with van der Waals surface area (Å²) < 4.78 is 6.32. The van der Waals surface area contributed by atoms with Crippen molar-refractivity contribution in [3.8, 4) is 11.5 Å². The van der Waals surface area contributed by atoms with E-state index in [1.807, 2.05) is 0 Å². The van der Waals surface area contributed by atoms with Crippen LogP contribution in [0.1, 0.15) is 11.1 Å². The van der Waals surface area contributed by atoms with E-state index in [4.69, 9.17) is 16.3 Å². The number of methoxy groups -OCH3 is 1. The zero-order valence-electron chi connectivity index (χ0n) is 13.8. The van der Waals surface area contributed by atoms with Gasteiger partial charge in [0.1, 0.15) is 0 Å². The molecule has 1 aliphatic heterocycles. The second-order valence-electron chi connectivity index (χ2n) is 5.53. The summed E-state index contributed by atoms with van der Waals surface area (Å²) in [6, 6.07) is 8.53. The average molecular weight is 534 g/mol. The molecular weight excluding hydrogens is 522 g/mol. The molecule has 1 fully saturated rings. The van der Waals surface area contributed by atoms with Crippen LogP contribution >= 0.6 is 55.2 Å². The third kappa shape index (κ3) is 4.18. The smallest absolute Gasteiger partial charge is 0.293 e. The number of nitrogens with zero attached hydrogens (tertiary/aromatic N) is 1. The van der Waals surface area contributed by atoms with Crippen LogP contribution in [0.5, 0.6) is 11.5 Å². The standard InChI is InChI=1S/C18H12Br2ClNO4S/c1-26-13-7-12(19)15(20)11(16(13)23)6-14-17(24)22(18(25)27-14)8-9-2-4-10(21)5-3-9/h2-7,23H,8H2,1H3/b14-6-. The number of rotatable bonds is 4. The molecule has 0 atom stereocenters. The first-order chi connectivity index (χ1) is 12.8. The summed E-state index contributed by atoms with van der Waals surface area (Å²) in [5.41, 5.74) is 1.13. The minimum Gasteiger partial charge on any atom is -0.504 e. The molecule has 5 nitrogen and oxygen atoms in total. The number of halogens is 3. The Bertz CT molecular complexity index is 963. The predicted octanol–water partition coefficient (Wildman–Crippen LogP) is 5.82. The van der Waals surface area contributed by atoms with Crippen molar-refractivity contribution < 1.29 is 19.4 Å². The monoisotopic (exact) mass is 531 g/mol. The molecule has 0 unspecified atom stereocenters. The highest BCUT2D eigenvalue weighted by Gasteiger charge is 2.35. The van der Waals surface area contributed by atoms with Crippen molar-refractivity contribution in [3.63, 3.8) is 0 Å². The Kier molecular flexibility index (Phi) is 6.20. The van der Waals surface area contributed by atoms with Crippen molar-refractivity contribution in [2.24, 2.45) is 0 Å². The van der Waals surface area contributed by atoms with Gasteiger partial charge in [-0.25, -0.2) is 0 Å². The topological polar surface area (TPSA) is 66.8 Å². The maximum atomic E-state index is 12.7. The molecule has 1 saturated heterocycles. The van der Waals surface area contributed by atoms with Gasteiger partial charge >= 0.3 is 0 Å². The number of phenolic OH excluding ortho intramolecular Hbond substituents is 1. The van der Waals surface area contributed by atoms with Gasteiger partial charge in [-0.15, -0.1) is 0 Å². The van der Waals surface area contributed by atoms with E-state index in [0.29, 0.717) is 19.5 Å². The molecule has 1 aliphatic rings. The Labute approximate surface area is 181 Å². The Hall–Kier alpha value is -1.48. The van der Waals surface area contributed by atoms with Crippen LogP contribution in [0.2, 0.25) is 5.02 Å². The number of hydrogen-bond donors (Lipinski definition) is 1. The summed E-state index contributed by atoms with van der Waals surface area (Å²) in [5, 5.41) is 10.6. The summed E-state index contributed by atoms with van der Waals surface area (Å²) in [7, 11) is 1.43. The highest BCUT2D eigenvalue weighted by Crippen LogP contribution is 2.43. The fraction of sp³-hybridized carbons (Fsp3) is 0.111. The molecule has 3 rings (SSSR count). The first kappa shape index (κ1) is 20.3. The minimum absolute atomic E-state index is 0.128. The number of carbonyl (C=O) groups is 2. The van der Waals surface area contributed by atoms with E-state index >= 15 is 0 Å². The van der Waals surface area contributed by atoms with Crippen molar-refractivity contribution in [2.45, 2.75) is 6.54 Å². The maximum Gasteiger partial charge on any atom is 0.293 e. The lowest BCUT2D eigenvalue weighted by atomic mass is 10.1. The van der Waals surface area contributed by atoms with E-state index in [1.165, 1.54) is 13.2 Å². The molecule has 1 N–H and O–H groups in total. The van der Waals surface area contributed by atoms with Crippen molar-refractivity contribution >= 4 is 72.4 Å². The van der Waals surface area contributed by atoms with Gasteiger partial charge in [0.25, 0.3) is 11.1 Å². The second kappa shape index (κ2) is 8.26. The first-order valence-corrected chi connectivity index (χ1v) is 10.3. The molecule has 0 radical (unpaired) electrons. The average Bonchev–Trinajstić information content (AvgIpc) is 2.91. The number of carbonyl (C=O) groups excluding carboxylic acids is 2. The molecule has 27 heavy (non-hydrogen) atoms. The summed E-state index contributed by atoms with van der Waals surface area (Å²) in [4.78, 5) is 26.4. The molecular formula is C18H12Br2ClNO4S. The van der Waals surface area contributed by atoms with Crippen LogP contribution in [0.25, 0.3) is 6.08 Å². The van der Waals surface area contributed by atoms with E-state index in [2.05, 4.69) is 31.9 Å². The van der Waals surface area contributed by atoms with Crippen molar-refractivity contribution in [2.75, 3.05) is 7.11 Å². The van der Waals surface area contributed by atoms with Crippen LogP contribution in [0, 0.1) is 0 Å². The Morgan fingerprint density at radius 3 is 2.56 bits per heavy atom. The summed E-state index contributed by atoms with van der Waals surface area (Å²) in [6.45, 7) is 0.147. The number of amides is 2. The number of ether oxygens (including phenoxy) is 1. The normalized spacial score (nSPS) is 15.7. The zero-order valence-corrected chi connectivity index (χ0v) is 18.6. The summed E-state index contributed by atoms with van der Waals surface area (Å²) >= 11 is 13.4. The van der Waals surface area contributed by atoms with E-state index in [-0.39, 0.29) is 28.2 Å². The summed E-state index contributed by atoms with van der Waals surface area (Å²) in [5.74, 6) is -0.306. The Morgan fingerprint density at radius 2 is 1.93 bits per heavy atom. The molecule has 0 saturated carbocycles. The SMILES string of the molecule is COc1cc(Br)c(Br)c(/C=C2\SC(=O)N(Cc3ccc(Cl)cc3)C2=O)c1O. The Morgan fingerprint density at radius 1 is 1.26 bits per heavy atom. The molecule has 0 bridgehead atoms. The second-order valence-corrected chi connectivity index (χ2v) is 8.61. The number of hydrogen-bond acceptors (Lipinski definition) is 5. The molecule has 2 amide bonds. The molecule has 140 valence electrons. The fourth-order valence-electron chi connectivity index (χ4n) is 2.44. The van der Waals surface area contributed by atoms with Crippen LogP contribution in [0.4, 0.5) is 4.79 Å². The van der Waals surface area contributed by atoms with Gasteiger partial charge < -0.3 is 9.84 Å². The largest absolute Gasteiger partial charge is 0.504 e. The van der Waals surface area contributed by atoms with Gasteiger partial charge in [-0.3, -0.25) is 14.5 Å². The first-order valence-electron chi connectivity index (χ1n) is 7.56. The third-order valence-corrected chi connectivity index (χ3v) is 6.99. The van der Waals surface area contributed by atoms with Crippen LogP contribution in [0.3, 0.4) is 0 Å². The summed E-state index contributed by atoms with van der Waals surface area (Å²) in [6.07, 6.45) is 1.47. The van der Waals surface area contributed by atoms with Gasteiger partial charge in [0, 0.05) is 19.5 Å². The zero-order chi connectivity index (χ0) is 19.7. The van der Waals surface area contributed by atoms with Gasteiger partial charge in [0.15, 0.2) is 11.5 Å².